The van der Waals surface area contributed by atoms with Crippen molar-refractivity contribution >= 4 is 15.9 Å². The molecule has 1 aromatic rings. The van der Waals surface area contributed by atoms with Crippen LogP contribution in [0.4, 0.5) is 4.39 Å². The first-order chi connectivity index (χ1) is 7.68. The summed E-state index contributed by atoms with van der Waals surface area (Å²) in [4.78, 5) is 0. The molecule has 1 N–H and O–H groups in total. The fraction of sp³-hybridized carbons (Fsp3) is 0.417. The van der Waals surface area contributed by atoms with Gasteiger partial charge in [-0.05, 0) is 49.7 Å². The van der Waals surface area contributed by atoms with E-state index in [1.165, 1.54) is 12.1 Å². The Balaban J connectivity index is 2.47. The molecule has 0 radical (unpaired) electrons. The Morgan fingerprint density at radius 2 is 2.06 bits per heavy atom. The van der Waals surface area contributed by atoms with Gasteiger partial charge in [0.15, 0.2) is 0 Å². The third-order valence-electron chi connectivity index (χ3n) is 3.12. The summed E-state index contributed by atoms with van der Waals surface area (Å²) in [6.07, 6.45) is 1.46. The lowest BCUT2D eigenvalue weighted by atomic mass is 9.74. The van der Waals surface area contributed by atoms with E-state index in [0.29, 0.717) is 0 Å². The SMILES string of the molecule is N#CC1(c2cc(F)ccc2Br)CCNCC1. The van der Waals surface area contributed by atoms with Gasteiger partial charge in [0.1, 0.15) is 5.82 Å². The molecule has 1 aromatic carbocycles. The van der Waals surface area contributed by atoms with Gasteiger partial charge in [0.25, 0.3) is 0 Å². The van der Waals surface area contributed by atoms with Crippen LogP contribution in [0.25, 0.3) is 0 Å². The van der Waals surface area contributed by atoms with Gasteiger partial charge in [-0.1, -0.05) is 15.9 Å². The first kappa shape index (κ1) is 11.6. The molecule has 1 fully saturated rings. The van der Waals surface area contributed by atoms with Crippen LogP contribution in [-0.2, 0) is 5.41 Å². The van der Waals surface area contributed by atoms with Gasteiger partial charge >= 0.3 is 0 Å². The van der Waals surface area contributed by atoms with Crippen molar-refractivity contribution in [1.29, 1.82) is 5.26 Å². The van der Waals surface area contributed by atoms with Crippen molar-refractivity contribution in [2.45, 2.75) is 18.3 Å². The zero-order valence-electron chi connectivity index (χ0n) is 8.76. The Bertz CT molecular complexity index is 433. The molecule has 0 saturated carbocycles. The van der Waals surface area contributed by atoms with Gasteiger partial charge in [-0.2, -0.15) is 5.26 Å². The first-order valence-electron chi connectivity index (χ1n) is 5.25. The summed E-state index contributed by atoms with van der Waals surface area (Å²) in [6.45, 7) is 1.60. The Kier molecular flexibility index (Phi) is 3.27. The second-order valence-electron chi connectivity index (χ2n) is 4.07. The third-order valence-corrected chi connectivity index (χ3v) is 3.81. The van der Waals surface area contributed by atoms with Crippen molar-refractivity contribution in [2.75, 3.05) is 13.1 Å². The Morgan fingerprint density at radius 3 is 2.69 bits per heavy atom. The van der Waals surface area contributed by atoms with Gasteiger partial charge in [-0.25, -0.2) is 4.39 Å². The summed E-state index contributed by atoms with van der Waals surface area (Å²) in [5, 5.41) is 12.6. The monoisotopic (exact) mass is 282 g/mol. The van der Waals surface area contributed by atoms with Crippen molar-refractivity contribution in [3.05, 3.63) is 34.1 Å². The molecule has 4 heteroatoms. The quantitative estimate of drug-likeness (QED) is 0.860. The topological polar surface area (TPSA) is 35.8 Å². The molecule has 0 bridgehead atoms. The van der Waals surface area contributed by atoms with Crippen LogP contribution in [-0.4, -0.2) is 13.1 Å². The number of hydrogen-bond acceptors (Lipinski definition) is 2. The van der Waals surface area contributed by atoms with E-state index in [1.54, 1.807) is 6.07 Å². The number of benzene rings is 1. The van der Waals surface area contributed by atoms with Crippen molar-refractivity contribution in [3.63, 3.8) is 0 Å². The fourth-order valence-corrected chi connectivity index (χ4v) is 2.79. The highest BCUT2D eigenvalue weighted by Gasteiger charge is 2.35. The van der Waals surface area contributed by atoms with Crippen molar-refractivity contribution in [2.24, 2.45) is 0 Å². The van der Waals surface area contributed by atoms with Crippen molar-refractivity contribution in [1.82, 2.24) is 5.32 Å². The maximum Gasteiger partial charge on any atom is 0.123 e. The fourth-order valence-electron chi connectivity index (χ4n) is 2.16. The number of nitriles is 1. The van der Waals surface area contributed by atoms with Crippen LogP contribution in [0.15, 0.2) is 22.7 Å². The minimum atomic E-state index is -0.549. The first-order valence-corrected chi connectivity index (χ1v) is 6.05. The Labute approximate surface area is 103 Å². The molecule has 1 heterocycles. The van der Waals surface area contributed by atoms with E-state index in [9.17, 15) is 9.65 Å². The summed E-state index contributed by atoms with van der Waals surface area (Å²) in [7, 11) is 0. The molecular formula is C12H12BrFN2. The van der Waals surface area contributed by atoms with Crippen molar-refractivity contribution < 1.29 is 4.39 Å². The molecule has 0 aromatic heterocycles. The molecule has 16 heavy (non-hydrogen) atoms. The van der Waals surface area contributed by atoms with Gasteiger partial charge < -0.3 is 5.32 Å². The highest BCUT2D eigenvalue weighted by molar-refractivity contribution is 9.10. The van der Waals surface area contributed by atoms with E-state index in [2.05, 4.69) is 27.3 Å². The second kappa shape index (κ2) is 4.52. The lowest BCUT2D eigenvalue weighted by molar-refractivity contribution is 0.380. The van der Waals surface area contributed by atoms with Gasteiger partial charge in [0.2, 0.25) is 0 Å². The molecule has 0 amide bonds. The van der Waals surface area contributed by atoms with Crippen LogP contribution in [0.5, 0.6) is 0 Å². The normalized spacial score (nSPS) is 19.1. The van der Waals surface area contributed by atoms with E-state index in [0.717, 1.165) is 36.0 Å². The molecule has 0 aliphatic carbocycles. The maximum absolute atomic E-state index is 13.3. The van der Waals surface area contributed by atoms with Crippen LogP contribution in [0.1, 0.15) is 18.4 Å². The smallest absolute Gasteiger partial charge is 0.123 e. The van der Waals surface area contributed by atoms with Crippen LogP contribution in [0.2, 0.25) is 0 Å². The predicted molar refractivity (Wildman–Crippen MR) is 63.5 cm³/mol. The van der Waals surface area contributed by atoms with Crippen molar-refractivity contribution in [3.8, 4) is 6.07 Å². The maximum atomic E-state index is 13.3. The van der Waals surface area contributed by atoms with E-state index in [4.69, 9.17) is 0 Å². The molecular weight excluding hydrogens is 271 g/mol. The van der Waals surface area contributed by atoms with E-state index in [-0.39, 0.29) is 5.82 Å². The summed E-state index contributed by atoms with van der Waals surface area (Å²) in [5.41, 5.74) is 0.225. The molecule has 84 valence electrons. The van der Waals surface area contributed by atoms with E-state index < -0.39 is 5.41 Å². The number of piperidine rings is 1. The lowest BCUT2D eigenvalue weighted by Gasteiger charge is -2.32. The largest absolute Gasteiger partial charge is 0.317 e. The predicted octanol–water partition coefficient (Wildman–Crippen LogP) is 2.73. The average molecular weight is 283 g/mol. The lowest BCUT2D eigenvalue weighted by Crippen LogP contribution is -2.39. The summed E-state index contributed by atoms with van der Waals surface area (Å²) in [5.74, 6) is -0.286. The molecule has 1 aliphatic rings. The number of nitrogens with one attached hydrogen (secondary N) is 1. The summed E-state index contributed by atoms with van der Waals surface area (Å²) >= 11 is 3.40. The second-order valence-corrected chi connectivity index (χ2v) is 4.92. The minimum absolute atomic E-state index is 0.286. The molecule has 2 nitrogen and oxygen atoms in total. The highest BCUT2D eigenvalue weighted by Crippen LogP contribution is 2.37. The van der Waals surface area contributed by atoms with Gasteiger partial charge in [-0.15, -0.1) is 0 Å². The number of halogens is 2. The zero-order chi connectivity index (χ0) is 11.6. The van der Waals surface area contributed by atoms with E-state index >= 15 is 0 Å². The van der Waals surface area contributed by atoms with Crippen LogP contribution in [0, 0.1) is 17.1 Å². The van der Waals surface area contributed by atoms with Crippen LogP contribution < -0.4 is 5.32 Å². The summed E-state index contributed by atoms with van der Waals surface area (Å²) in [6, 6.07) is 6.91. The Hall–Kier alpha value is -0.920. The number of nitrogens with zero attached hydrogens (tertiary/aromatic N) is 1. The third kappa shape index (κ3) is 1.98. The standard InChI is InChI=1S/C12H12BrFN2/c13-11-2-1-9(14)7-10(11)12(8-15)3-5-16-6-4-12/h1-2,7,16H,3-6H2. The molecule has 0 unspecified atom stereocenters. The van der Waals surface area contributed by atoms with E-state index in [1.807, 2.05) is 0 Å². The summed E-state index contributed by atoms with van der Waals surface area (Å²) < 4.78 is 14.1. The molecule has 2 rings (SSSR count). The van der Waals surface area contributed by atoms with Gasteiger partial charge in [-0.3, -0.25) is 0 Å². The van der Waals surface area contributed by atoms with Crippen LogP contribution >= 0.6 is 15.9 Å². The molecule has 0 atom stereocenters. The average Bonchev–Trinajstić information content (AvgIpc) is 2.33. The molecule has 1 aliphatic heterocycles. The minimum Gasteiger partial charge on any atom is -0.317 e. The molecule has 1 saturated heterocycles. The number of rotatable bonds is 1. The zero-order valence-corrected chi connectivity index (χ0v) is 10.3. The number of hydrogen-bond donors (Lipinski definition) is 1. The molecule has 0 spiro atoms. The van der Waals surface area contributed by atoms with Gasteiger partial charge in [0, 0.05) is 4.47 Å². The Morgan fingerprint density at radius 1 is 1.38 bits per heavy atom. The highest BCUT2D eigenvalue weighted by atomic mass is 79.9. The van der Waals surface area contributed by atoms with Crippen LogP contribution in [0.3, 0.4) is 0 Å². The van der Waals surface area contributed by atoms with Gasteiger partial charge in [0.05, 0.1) is 11.5 Å².